The summed E-state index contributed by atoms with van der Waals surface area (Å²) in [5, 5.41) is 39.0. The maximum atomic E-state index is 13.8. The summed E-state index contributed by atoms with van der Waals surface area (Å²) in [6.07, 6.45) is 6.98. The van der Waals surface area contributed by atoms with Crippen LogP contribution in [0.25, 0.3) is 6.08 Å². The number of hydrogen-bond donors (Lipinski definition) is 5. The number of amides is 2. The summed E-state index contributed by atoms with van der Waals surface area (Å²) in [6.45, 7) is 4.07. The summed E-state index contributed by atoms with van der Waals surface area (Å²) < 4.78 is 5.36. The molecule has 240 valence electrons. The lowest BCUT2D eigenvalue weighted by Gasteiger charge is -2.33. The fourth-order valence-electron chi connectivity index (χ4n) is 6.83. The summed E-state index contributed by atoms with van der Waals surface area (Å²) >= 11 is 1.35. The van der Waals surface area contributed by atoms with Gasteiger partial charge in [0, 0.05) is 45.2 Å². The highest BCUT2D eigenvalue weighted by Crippen LogP contribution is 2.50. The van der Waals surface area contributed by atoms with Gasteiger partial charge >= 0.3 is 12.0 Å². The van der Waals surface area contributed by atoms with Gasteiger partial charge in [0.2, 0.25) is 0 Å². The van der Waals surface area contributed by atoms with Gasteiger partial charge in [-0.3, -0.25) is 19.9 Å². The number of fused-ring (bicyclic) bond motifs is 3. The summed E-state index contributed by atoms with van der Waals surface area (Å²) in [6, 6.07) is 9.20. The Morgan fingerprint density at radius 1 is 1.27 bits per heavy atom. The van der Waals surface area contributed by atoms with Crippen molar-refractivity contribution in [1.29, 1.82) is 0 Å². The molecule has 2 fully saturated rings. The van der Waals surface area contributed by atoms with Gasteiger partial charge in [-0.05, 0) is 48.6 Å². The highest BCUT2D eigenvalue weighted by Gasteiger charge is 2.54. The maximum Gasteiger partial charge on any atom is 0.324 e. The molecule has 2 aromatic rings. The van der Waals surface area contributed by atoms with E-state index in [1.54, 1.807) is 18.9 Å². The Hall–Kier alpha value is -3.59. The predicted octanol–water partition coefficient (Wildman–Crippen LogP) is 3.35. The number of carbonyl (C=O) groups is 2. The van der Waals surface area contributed by atoms with Crippen molar-refractivity contribution >= 4 is 39.5 Å². The van der Waals surface area contributed by atoms with Gasteiger partial charge in [-0.15, -0.1) is 0 Å². The fourth-order valence-corrected chi connectivity index (χ4v) is 7.70. The Kier molecular flexibility index (Phi) is 9.09. The van der Waals surface area contributed by atoms with Crippen molar-refractivity contribution in [3.8, 4) is 0 Å². The van der Waals surface area contributed by atoms with E-state index in [-0.39, 0.29) is 36.7 Å². The van der Waals surface area contributed by atoms with E-state index in [9.17, 15) is 24.9 Å². The van der Waals surface area contributed by atoms with Gasteiger partial charge in [0.05, 0.1) is 18.2 Å². The first-order chi connectivity index (χ1) is 21.7. The molecule has 4 heterocycles. The van der Waals surface area contributed by atoms with Crippen LogP contribution in [0.5, 0.6) is 0 Å². The lowest BCUT2D eigenvalue weighted by molar-refractivity contribution is -0.137. The minimum absolute atomic E-state index is 0.102. The van der Waals surface area contributed by atoms with E-state index < -0.39 is 18.4 Å². The first kappa shape index (κ1) is 31.4. The predicted molar refractivity (Wildman–Crippen MR) is 171 cm³/mol. The van der Waals surface area contributed by atoms with Gasteiger partial charge in [0.25, 0.3) is 0 Å². The first-order valence-corrected chi connectivity index (χ1v) is 16.1. The number of nitrogens with one attached hydrogen (secondary N) is 2. The zero-order valence-electron chi connectivity index (χ0n) is 25.4. The monoisotopic (exact) mass is 636 g/mol. The molecule has 5 unspecified atom stereocenters. The SMILES string of the molecule is COC1C=Cc2nc(NC(=O)N3CC4(CCN(C(C)O)C4)C4=CC(C(O)N(CCC(=O)O)Cc5ccccc5)=CCC43)sc2N1. The second-order valence-corrected chi connectivity index (χ2v) is 13.1. The van der Waals surface area contributed by atoms with Crippen molar-refractivity contribution in [2.45, 2.75) is 57.5 Å². The Balaban J connectivity index is 1.25. The number of methoxy groups -OCH3 is 1. The second kappa shape index (κ2) is 13.0. The number of aliphatic hydroxyl groups excluding tert-OH is 2. The van der Waals surface area contributed by atoms with E-state index in [1.807, 2.05) is 64.4 Å². The number of rotatable bonds is 10. The minimum Gasteiger partial charge on any atom is -0.481 e. The molecule has 0 radical (unpaired) electrons. The van der Waals surface area contributed by atoms with Crippen LogP contribution in [0.15, 0.2) is 59.7 Å². The number of ether oxygens (including phenoxy) is 1. The molecule has 1 aliphatic carbocycles. The minimum atomic E-state index is -1.02. The summed E-state index contributed by atoms with van der Waals surface area (Å²) in [5.41, 5.74) is 3.08. The summed E-state index contributed by atoms with van der Waals surface area (Å²) in [4.78, 5) is 35.5. The largest absolute Gasteiger partial charge is 0.481 e. The van der Waals surface area contributed by atoms with Gasteiger partial charge in [-0.1, -0.05) is 53.8 Å². The third-order valence-electron chi connectivity index (χ3n) is 9.20. The maximum absolute atomic E-state index is 13.8. The number of benzene rings is 1. The van der Waals surface area contributed by atoms with Crippen LogP contribution in [-0.4, -0.2) is 105 Å². The molecule has 0 bridgehead atoms. The van der Waals surface area contributed by atoms with Crippen LogP contribution in [0.3, 0.4) is 0 Å². The number of aliphatic carboxylic acids is 1. The molecule has 2 amide bonds. The Bertz CT molecular complexity index is 1510. The fraction of sp³-hybridized carbons (Fsp3) is 0.469. The molecular weight excluding hydrogens is 596 g/mol. The lowest BCUT2D eigenvalue weighted by atomic mass is 9.76. The van der Waals surface area contributed by atoms with Crippen LogP contribution in [0, 0.1) is 5.41 Å². The number of likely N-dealkylation sites (tertiary alicyclic amines) is 2. The standard InChI is InChI=1S/C32H40N6O6S/c1-20(39)37-15-13-32(18-37)19-38(31(43)35-30-33-24-9-11-26(44-2)34-28(24)45-30)25-10-8-22(16-23(25)32)29(42)36(14-12-27(40)41)17-21-6-4-3-5-7-21/h3-9,11,16,20,25-26,29,34,39,42H,10,12-15,17-19H2,1-2H3,(H,40,41)(H,33,35,43). The van der Waals surface area contributed by atoms with Crippen molar-refractivity contribution in [1.82, 2.24) is 19.7 Å². The van der Waals surface area contributed by atoms with E-state index in [0.717, 1.165) is 28.3 Å². The van der Waals surface area contributed by atoms with Crippen LogP contribution in [0.4, 0.5) is 14.9 Å². The summed E-state index contributed by atoms with van der Waals surface area (Å²) in [7, 11) is 1.62. The number of carboxylic acid groups (broad SMARTS) is 1. The van der Waals surface area contributed by atoms with Crippen LogP contribution in [-0.2, 0) is 16.1 Å². The topological polar surface area (TPSA) is 151 Å². The molecule has 6 rings (SSSR count). The first-order valence-electron chi connectivity index (χ1n) is 15.2. The van der Waals surface area contributed by atoms with Crippen molar-refractivity contribution < 1.29 is 29.6 Å². The smallest absolute Gasteiger partial charge is 0.324 e. The highest BCUT2D eigenvalue weighted by atomic mass is 32.1. The number of carbonyl (C=O) groups excluding carboxylic acids is 1. The van der Waals surface area contributed by atoms with Gasteiger partial charge in [0.1, 0.15) is 23.7 Å². The van der Waals surface area contributed by atoms with E-state index >= 15 is 0 Å². The zero-order chi connectivity index (χ0) is 31.7. The number of hydrogen-bond acceptors (Lipinski definition) is 10. The molecule has 0 saturated carbocycles. The number of thiazole rings is 1. The Morgan fingerprint density at radius 2 is 2.07 bits per heavy atom. The molecule has 5 N–H and O–H groups in total. The molecule has 5 atom stereocenters. The zero-order valence-corrected chi connectivity index (χ0v) is 26.2. The number of nitrogens with zero attached hydrogens (tertiary/aromatic N) is 4. The van der Waals surface area contributed by atoms with Crippen molar-refractivity contribution in [2.24, 2.45) is 5.41 Å². The molecule has 1 aromatic heterocycles. The van der Waals surface area contributed by atoms with Crippen LogP contribution < -0.4 is 10.6 Å². The molecule has 4 aliphatic rings. The molecule has 1 aromatic carbocycles. The van der Waals surface area contributed by atoms with E-state index in [4.69, 9.17) is 4.74 Å². The van der Waals surface area contributed by atoms with Crippen molar-refractivity contribution in [2.75, 3.05) is 43.9 Å². The Labute approximate surface area is 266 Å². The third kappa shape index (κ3) is 6.55. The molecular formula is C32H40N6O6S. The average Bonchev–Trinajstić information content (AvgIpc) is 3.74. The van der Waals surface area contributed by atoms with E-state index in [1.165, 1.54) is 11.3 Å². The number of urea groups is 1. The van der Waals surface area contributed by atoms with Crippen LogP contribution in [0.2, 0.25) is 0 Å². The summed E-state index contributed by atoms with van der Waals surface area (Å²) in [5.74, 6) is -0.928. The molecule has 2 saturated heterocycles. The van der Waals surface area contributed by atoms with Crippen LogP contribution in [0.1, 0.15) is 37.4 Å². The van der Waals surface area contributed by atoms with Gasteiger partial charge in [0.15, 0.2) is 5.13 Å². The lowest BCUT2D eigenvalue weighted by Crippen LogP contribution is -2.41. The quantitative estimate of drug-likeness (QED) is 0.246. The number of aromatic nitrogens is 1. The molecule has 13 heteroatoms. The highest BCUT2D eigenvalue weighted by molar-refractivity contribution is 7.19. The van der Waals surface area contributed by atoms with Gasteiger partial charge in [-0.2, -0.15) is 0 Å². The van der Waals surface area contributed by atoms with Gasteiger partial charge < -0.3 is 30.3 Å². The number of anilines is 2. The van der Waals surface area contributed by atoms with Crippen molar-refractivity contribution in [3.05, 3.63) is 71.0 Å². The number of carboxylic acids is 1. The Morgan fingerprint density at radius 3 is 2.78 bits per heavy atom. The van der Waals surface area contributed by atoms with Gasteiger partial charge in [-0.25, -0.2) is 9.78 Å². The molecule has 3 aliphatic heterocycles. The normalized spacial score (nSPS) is 25.4. The average molecular weight is 637 g/mol. The van der Waals surface area contributed by atoms with Crippen molar-refractivity contribution in [3.63, 3.8) is 0 Å². The third-order valence-corrected chi connectivity index (χ3v) is 10.1. The van der Waals surface area contributed by atoms with E-state index in [0.29, 0.717) is 43.3 Å². The molecule has 12 nitrogen and oxygen atoms in total. The second-order valence-electron chi connectivity index (χ2n) is 12.1. The molecule has 45 heavy (non-hydrogen) atoms. The van der Waals surface area contributed by atoms with Crippen LogP contribution >= 0.6 is 11.3 Å². The number of aliphatic hydroxyl groups is 2. The van der Waals surface area contributed by atoms with E-state index in [2.05, 4.69) is 15.6 Å². The molecule has 1 spiro atoms.